The van der Waals surface area contributed by atoms with Crippen molar-refractivity contribution in [3.63, 3.8) is 0 Å². The quantitative estimate of drug-likeness (QED) is 0.823. The zero-order valence-corrected chi connectivity index (χ0v) is 10.7. The van der Waals surface area contributed by atoms with E-state index < -0.39 is 0 Å². The molecule has 98 valence electrons. The Labute approximate surface area is 109 Å². The van der Waals surface area contributed by atoms with Crippen molar-refractivity contribution in [3.8, 4) is 5.75 Å². The molecular formula is C13H13N3O3. The molecule has 19 heavy (non-hydrogen) atoms. The number of benzene rings is 1. The molecule has 0 fully saturated rings. The van der Waals surface area contributed by atoms with Gasteiger partial charge in [-0.3, -0.25) is 9.59 Å². The summed E-state index contributed by atoms with van der Waals surface area (Å²) in [6, 6.07) is 3.36. The molecule has 0 atom stereocenters. The molecule has 2 heterocycles. The van der Waals surface area contributed by atoms with E-state index in [1.54, 1.807) is 19.2 Å². The number of H-pyrrole nitrogens is 1. The number of nitrogens with zero attached hydrogens (tertiary/aromatic N) is 2. The Kier molecular flexibility index (Phi) is 2.51. The lowest BCUT2D eigenvalue weighted by Crippen LogP contribution is -2.35. The summed E-state index contributed by atoms with van der Waals surface area (Å²) in [5, 5.41) is 0.459. The van der Waals surface area contributed by atoms with E-state index in [-0.39, 0.29) is 18.1 Å². The second-order valence-corrected chi connectivity index (χ2v) is 4.44. The van der Waals surface area contributed by atoms with E-state index in [0.717, 1.165) is 0 Å². The van der Waals surface area contributed by atoms with Crippen molar-refractivity contribution in [3.05, 3.63) is 28.3 Å². The lowest BCUT2D eigenvalue weighted by Gasteiger charge is -2.26. The van der Waals surface area contributed by atoms with Gasteiger partial charge in [-0.25, -0.2) is 4.98 Å². The smallest absolute Gasteiger partial charge is 0.264 e. The number of amides is 1. The maximum atomic E-state index is 12.0. The molecule has 0 saturated heterocycles. The highest BCUT2D eigenvalue weighted by molar-refractivity contribution is 6.00. The Balaban J connectivity index is 2.30. The third kappa shape index (κ3) is 1.76. The summed E-state index contributed by atoms with van der Waals surface area (Å²) in [4.78, 5) is 32.2. The van der Waals surface area contributed by atoms with E-state index in [1.165, 1.54) is 4.90 Å². The fourth-order valence-corrected chi connectivity index (χ4v) is 2.12. The number of likely N-dealkylation sites (N-methyl/N-ethyl adjacent to an activating group) is 1. The highest BCUT2D eigenvalue weighted by atomic mass is 16.5. The first-order valence-electron chi connectivity index (χ1n) is 6.06. The lowest BCUT2D eigenvalue weighted by atomic mass is 10.1. The van der Waals surface area contributed by atoms with Gasteiger partial charge in [0.15, 0.2) is 6.61 Å². The van der Waals surface area contributed by atoms with E-state index in [0.29, 0.717) is 34.6 Å². The van der Waals surface area contributed by atoms with Crippen LogP contribution in [0, 0.1) is 0 Å². The van der Waals surface area contributed by atoms with Gasteiger partial charge in [-0.2, -0.15) is 0 Å². The number of aryl methyl sites for hydroxylation is 1. The van der Waals surface area contributed by atoms with Crippen LogP contribution in [0.25, 0.3) is 10.9 Å². The molecule has 6 heteroatoms. The van der Waals surface area contributed by atoms with E-state index in [4.69, 9.17) is 4.74 Å². The van der Waals surface area contributed by atoms with E-state index in [9.17, 15) is 9.59 Å². The number of fused-ring (bicyclic) bond motifs is 2. The molecule has 3 rings (SSSR count). The van der Waals surface area contributed by atoms with Crippen molar-refractivity contribution in [2.75, 3.05) is 18.6 Å². The lowest BCUT2D eigenvalue weighted by molar-refractivity contribution is -0.120. The summed E-state index contributed by atoms with van der Waals surface area (Å²) in [5.74, 6) is 1.08. The molecule has 0 unspecified atom stereocenters. The van der Waals surface area contributed by atoms with Crippen LogP contribution in [0.2, 0.25) is 0 Å². The predicted octanol–water partition coefficient (Wildman–Crippen LogP) is 0.841. The number of hydrogen-bond acceptors (Lipinski definition) is 4. The van der Waals surface area contributed by atoms with E-state index >= 15 is 0 Å². The number of nitrogens with one attached hydrogen (secondary N) is 1. The monoisotopic (exact) mass is 259 g/mol. The Bertz CT molecular complexity index is 736. The van der Waals surface area contributed by atoms with Crippen molar-refractivity contribution in [2.45, 2.75) is 13.3 Å². The summed E-state index contributed by atoms with van der Waals surface area (Å²) >= 11 is 0. The number of ether oxygens (including phenoxy) is 1. The molecule has 0 saturated carbocycles. The number of aromatic nitrogens is 2. The van der Waals surface area contributed by atoms with Crippen molar-refractivity contribution in [2.24, 2.45) is 0 Å². The molecule has 0 aliphatic carbocycles. The summed E-state index contributed by atoms with van der Waals surface area (Å²) in [5.41, 5.74) is 0.985. The fourth-order valence-electron chi connectivity index (χ4n) is 2.12. The third-order valence-corrected chi connectivity index (χ3v) is 3.26. The van der Waals surface area contributed by atoms with Crippen molar-refractivity contribution < 1.29 is 9.53 Å². The third-order valence-electron chi connectivity index (χ3n) is 3.26. The highest BCUT2D eigenvalue weighted by Crippen LogP contribution is 2.33. The van der Waals surface area contributed by atoms with Crippen LogP contribution in [0.3, 0.4) is 0 Å². The van der Waals surface area contributed by atoms with Crippen molar-refractivity contribution >= 4 is 22.5 Å². The van der Waals surface area contributed by atoms with Gasteiger partial charge in [-0.05, 0) is 6.07 Å². The van der Waals surface area contributed by atoms with Crippen LogP contribution in [0.4, 0.5) is 5.69 Å². The number of aromatic amines is 1. The number of anilines is 1. The number of hydrogen-bond donors (Lipinski definition) is 1. The molecule has 0 radical (unpaired) electrons. The van der Waals surface area contributed by atoms with Crippen LogP contribution in [-0.2, 0) is 11.2 Å². The Morgan fingerprint density at radius 1 is 1.42 bits per heavy atom. The molecule has 1 N–H and O–H groups in total. The van der Waals surface area contributed by atoms with Crippen LogP contribution in [0.1, 0.15) is 12.7 Å². The molecule has 2 aromatic rings. The molecular weight excluding hydrogens is 246 g/mol. The minimum Gasteiger partial charge on any atom is -0.481 e. The van der Waals surface area contributed by atoms with Crippen molar-refractivity contribution in [1.82, 2.24) is 9.97 Å². The molecule has 1 aromatic carbocycles. The molecule has 0 spiro atoms. The largest absolute Gasteiger partial charge is 0.481 e. The molecule has 1 aromatic heterocycles. The summed E-state index contributed by atoms with van der Waals surface area (Å²) in [6.07, 6.45) is 0.654. The average molecular weight is 259 g/mol. The first-order chi connectivity index (χ1) is 9.10. The molecule has 1 aliphatic heterocycles. The normalized spacial score (nSPS) is 14.4. The van der Waals surface area contributed by atoms with Gasteiger partial charge in [-0.1, -0.05) is 6.92 Å². The molecule has 6 nitrogen and oxygen atoms in total. The Hall–Kier alpha value is -2.37. The second kappa shape index (κ2) is 4.08. The van der Waals surface area contributed by atoms with Gasteiger partial charge >= 0.3 is 0 Å². The van der Waals surface area contributed by atoms with Gasteiger partial charge in [0.25, 0.3) is 11.5 Å². The zero-order chi connectivity index (χ0) is 13.6. The first kappa shape index (κ1) is 11.7. The molecule has 1 aliphatic rings. The summed E-state index contributed by atoms with van der Waals surface area (Å²) in [7, 11) is 1.66. The van der Waals surface area contributed by atoms with E-state index in [2.05, 4.69) is 9.97 Å². The Morgan fingerprint density at radius 3 is 2.95 bits per heavy atom. The fraction of sp³-hybridized carbons (Fsp3) is 0.308. The molecule has 0 bridgehead atoms. The number of carbonyl (C=O) groups excluding carboxylic acids is 1. The minimum atomic E-state index is -0.198. The SMILES string of the molecule is CCc1nc2cc3c(cc2c(=O)[nH]1)N(C)C(=O)CO3. The number of rotatable bonds is 1. The van der Waals surface area contributed by atoms with Gasteiger partial charge in [0, 0.05) is 19.5 Å². The van der Waals surface area contributed by atoms with Crippen LogP contribution >= 0.6 is 0 Å². The van der Waals surface area contributed by atoms with Crippen LogP contribution in [0.15, 0.2) is 16.9 Å². The van der Waals surface area contributed by atoms with Crippen molar-refractivity contribution in [1.29, 1.82) is 0 Å². The maximum absolute atomic E-state index is 12.0. The molecule has 1 amide bonds. The standard InChI is InChI=1S/C13H13N3O3/c1-3-11-14-8-5-10-9(4-7(8)13(18)15-11)16(2)12(17)6-19-10/h4-5H,3,6H2,1-2H3,(H,14,15,18). The minimum absolute atomic E-state index is 0.0127. The van der Waals surface area contributed by atoms with Gasteiger partial charge < -0.3 is 14.6 Å². The zero-order valence-electron chi connectivity index (χ0n) is 10.7. The topological polar surface area (TPSA) is 75.3 Å². The average Bonchev–Trinajstić information content (AvgIpc) is 2.41. The van der Waals surface area contributed by atoms with Gasteiger partial charge in [0.1, 0.15) is 11.6 Å². The van der Waals surface area contributed by atoms with E-state index in [1.807, 2.05) is 6.92 Å². The summed E-state index contributed by atoms with van der Waals surface area (Å²) < 4.78 is 5.38. The van der Waals surface area contributed by atoms with Crippen LogP contribution in [-0.4, -0.2) is 29.5 Å². The highest BCUT2D eigenvalue weighted by Gasteiger charge is 2.23. The number of carbonyl (C=O) groups is 1. The van der Waals surface area contributed by atoms with Gasteiger partial charge in [0.05, 0.1) is 16.6 Å². The van der Waals surface area contributed by atoms with Gasteiger partial charge in [0.2, 0.25) is 0 Å². The van der Waals surface area contributed by atoms with Crippen LogP contribution < -0.4 is 15.2 Å². The second-order valence-electron chi connectivity index (χ2n) is 4.44. The van der Waals surface area contributed by atoms with Crippen LogP contribution in [0.5, 0.6) is 5.75 Å². The first-order valence-corrected chi connectivity index (χ1v) is 6.06. The maximum Gasteiger partial charge on any atom is 0.264 e. The van der Waals surface area contributed by atoms with Gasteiger partial charge in [-0.15, -0.1) is 0 Å². The predicted molar refractivity (Wildman–Crippen MR) is 70.6 cm³/mol. The summed E-state index contributed by atoms with van der Waals surface area (Å²) in [6.45, 7) is 1.93. The Morgan fingerprint density at radius 2 is 2.21 bits per heavy atom.